The van der Waals surface area contributed by atoms with Crippen molar-refractivity contribution < 1.29 is 19.2 Å². The van der Waals surface area contributed by atoms with E-state index in [9.17, 15) is 19.2 Å². The number of aromatic nitrogens is 2. The number of carbonyl (C=O) groups is 4. The van der Waals surface area contributed by atoms with Gasteiger partial charge in [0.25, 0.3) is 5.91 Å². The lowest BCUT2D eigenvalue weighted by Crippen LogP contribution is -2.57. The van der Waals surface area contributed by atoms with Gasteiger partial charge < -0.3 is 25.8 Å². The van der Waals surface area contributed by atoms with Gasteiger partial charge in [-0.1, -0.05) is 56.3 Å². The van der Waals surface area contributed by atoms with Crippen molar-refractivity contribution in [1.29, 1.82) is 0 Å². The van der Waals surface area contributed by atoms with Gasteiger partial charge in [0, 0.05) is 44.9 Å². The van der Waals surface area contributed by atoms with Crippen molar-refractivity contribution in [3.63, 3.8) is 0 Å². The van der Waals surface area contributed by atoms with E-state index in [1.165, 1.54) is 0 Å². The Balaban J connectivity index is 1.60. The molecule has 2 aliphatic heterocycles. The first-order valence-electron chi connectivity index (χ1n) is 16.5. The molecule has 5 rings (SSSR count). The number of nitrogens with zero attached hydrogens (tertiary/aromatic N) is 3. The summed E-state index contributed by atoms with van der Waals surface area (Å²) in [6.07, 6.45) is 4.12. The third kappa shape index (κ3) is 10.5. The normalized spacial score (nSPS) is 21.0. The lowest BCUT2D eigenvalue weighted by Gasteiger charge is -2.25. The van der Waals surface area contributed by atoms with Crippen LogP contribution in [0.25, 0.3) is 0 Å². The zero-order chi connectivity index (χ0) is 33.9. The highest BCUT2D eigenvalue weighted by molar-refractivity contribution is 5.98. The molecule has 0 unspecified atom stereocenters. The quantitative estimate of drug-likeness (QED) is 0.305. The summed E-state index contributed by atoms with van der Waals surface area (Å²) in [7, 11) is 2.01. The maximum Gasteiger partial charge on any atom is 0.251 e. The fourth-order valence-corrected chi connectivity index (χ4v) is 5.64. The van der Waals surface area contributed by atoms with Crippen LogP contribution in [0.2, 0.25) is 0 Å². The number of hydrogen-bond donors (Lipinski definition) is 4. The van der Waals surface area contributed by atoms with E-state index in [-0.39, 0.29) is 24.2 Å². The summed E-state index contributed by atoms with van der Waals surface area (Å²) < 4.78 is 2.08. The minimum atomic E-state index is -0.931. The molecule has 0 saturated carbocycles. The fourth-order valence-electron chi connectivity index (χ4n) is 5.64. The summed E-state index contributed by atoms with van der Waals surface area (Å²) >= 11 is 0. The molecule has 11 nitrogen and oxygen atoms in total. The minimum absolute atomic E-state index is 0.0896. The van der Waals surface area contributed by atoms with E-state index in [0.717, 1.165) is 42.0 Å². The molecule has 2 bridgehead atoms. The molecule has 3 heterocycles. The summed E-state index contributed by atoms with van der Waals surface area (Å²) in [5.41, 5.74) is 3.45. The Labute approximate surface area is 277 Å². The van der Waals surface area contributed by atoms with Crippen LogP contribution in [0.1, 0.15) is 73.0 Å². The smallest absolute Gasteiger partial charge is 0.251 e. The molecule has 4 amide bonds. The van der Waals surface area contributed by atoms with E-state index in [0.29, 0.717) is 31.6 Å². The number of hydrogen-bond acceptors (Lipinski definition) is 6. The lowest BCUT2D eigenvalue weighted by atomic mass is 10.0. The van der Waals surface area contributed by atoms with Crippen molar-refractivity contribution in [3.05, 3.63) is 89.0 Å². The molecule has 47 heavy (non-hydrogen) atoms. The van der Waals surface area contributed by atoms with Gasteiger partial charge >= 0.3 is 0 Å². The topological polar surface area (TPSA) is 137 Å². The van der Waals surface area contributed by atoms with Gasteiger partial charge in [0.2, 0.25) is 17.7 Å². The third-order valence-electron chi connectivity index (χ3n) is 8.52. The van der Waals surface area contributed by atoms with E-state index in [2.05, 4.69) is 35.7 Å². The van der Waals surface area contributed by atoms with Crippen LogP contribution in [-0.2, 0) is 40.9 Å². The number of imidazole rings is 1. The molecule has 1 aromatic heterocycles. The van der Waals surface area contributed by atoms with Gasteiger partial charge in [-0.15, -0.1) is 0 Å². The number of carbonyl (C=O) groups excluding carboxylic acids is 4. The Bertz CT molecular complexity index is 1500. The minimum Gasteiger partial charge on any atom is -0.354 e. The molecule has 252 valence electrons. The highest BCUT2D eigenvalue weighted by Crippen LogP contribution is 2.15. The molecule has 4 N–H and O–H groups in total. The second-order valence-electron chi connectivity index (χ2n) is 12.9. The van der Waals surface area contributed by atoms with Gasteiger partial charge in [-0.2, -0.15) is 0 Å². The van der Waals surface area contributed by atoms with Gasteiger partial charge in [0.15, 0.2) is 0 Å². The van der Waals surface area contributed by atoms with E-state index in [4.69, 9.17) is 0 Å². The van der Waals surface area contributed by atoms with Gasteiger partial charge in [-0.3, -0.25) is 24.1 Å². The number of amides is 4. The van der Waals surface area contributed by atoms with Crippen molar-refractivity contribution in [1.82, 2.24) is 35.7 Å². The summed E-state index contributed by atoms with van der Waals surface area (Å²) in [6.45, 7) is 10.2. The van der Waals surface area contributed by atoms with Crippen molar-refractivity contribution in [3.8, 4) is 0 Å². The van der Waals surface area contributed by atoms with E-state index < -0.39 is 29.9 Å². The molecule has 11 heteroatoms. The van der Waals surface area contributed by atoms with Crippen LogP contribution in [0.4, 0.5) is 0 Å². The van der Waals surface area contributed by atoms with Crippen LogP contribution in [0.15, 0.2) is 60.8 Å². The summed E-state index contributed by atoms with van der Waals surface area (Å²) in [5, 5.41) is 11.5. The maximum absolute atomic E-state index is 13.7. The second-order valence-corrected chi connectivity index (χ2v) is 12.9. The summed E-state index contributed by atoms with van der Waals surface area (Å²) in [6, 6.07) is 14.3. The zero-order valence-electron chi connectivity index (χ0n) is 28.2. The summed E-state index contributed by atoms with van der Waals surface area (Å²) in [5.74, 6) is -0.540. The molecule has 2 aromatic carbocycles. The SMILES string of the molecule is Cc1ncc(CN2CCCCNC(=O)[C@@H](C)NC(=O)[C@H](CC(C)C)NC(=O)[C@@H](Cc3ccccc3)NC(=O)c3ccc(cc3)C2)n1C. The molecule has 0 saturated heterocycles. The molecule has 0 spiro atoms. The Hall–Kier alpha value is -4.51. The number of fused-ring (bicyclic) bond motifs is 18. The Morgan fingerprint density at radius 1 is 0.872 bits per heavy atom. The standard InChI is InChI=1S/C36H49N7O4/c1-24(2)19-31-35(46)39-25(3)33(44)37-17-9-10-18-43(23-30-21-38-26(4)42(30)5)22-28-13-15-29(16-14-28)34(45)40-32(36(47)41-31)20-27-11-7-6-8-12-27/h6-8,11-16,21,24-25,31-32H,9-10,17-20,22-23H2,1-5H3,(H,37,44)(H,39,46)(H,40,45)(H,41,47)/t25-,31+,32-/m1/s1. The maximum atomic E-state index is 13.7. The van der Waals surface area contributed by atoms with Crippen LogP contribution < -0.4 is 21.3 Å². The zero-order valence-corrected chi connectivity index (χ0v) is 28.2. The highest BCUT2D eigenvalue weighted by atomic mass is 16.2. The van der Waals surface area contributed by atoms with Crippen molar-refractivity contribution in [2.24, 2.45) is 13.0 Å². The first-order chi connectivity index (χ1) is 22.5. The number of benzene rings is 2. The summed E-state index contributed by atoms with van der Waals surface area (Å²) in [4.78, 5) is 60.3. The predicted octanol–water partition coefficient (Wildman–Crippen LogP) is 3.02. The molecule has 3 aromatic rings. The molecule has 2 aliphatic rings. The largest absolute Gasteiger partial charge is 0.354 e. The monoisotopic (exact) mass is 643 g/mol. The average Bonchev–Trinajstić information content (AvgIpc) is 3.36. The van der Waals surface area contributed by atoms with Crippen LogP contribution in [0.3, 0.4) is 0 Å². The molecular weight excluding hydrogens is 594 g/mol. The second kappa shape index (κ2) is 16.9. The van der Waals surface area contributed by atoms with Gasteiger partial charge in [-0.05, 0) is 68.8 Å². The van der Waals surface area contributed by atoms with Crippen LogP contribution in [0, 0.1) is 12.8 Å². The van der Waals surface area contributed by atoms with E-state index in [1.54, 1.807) is 19.1 Å². The number of nitrogens with one attached hydrogen (secondary N) is 4. The third-order valence-corrected chi connectivity index (χ3v) is 8.52. The first-order valence-corrected chi connectivity index (χ1v) is 16.5. The number of rotatable bonds is 6. The van der Waals surface area contributed by atoms with Crippen molar-refractivity contribution in [2.75, 3.05) is 13.1 Å². The highest BCUT2D eigenvalue weighted by Gasteiger charge is 2.29. The van der Waals surface area contributed by atoms with Gasteiger partial charge in [-0.25, -0.2) is 4.98 Å². The number of aryl methyl sites for hydroxylation is 1. The van der Waals surface area contributed by atoms with E-state index >= 15 is 0 Å². The Morgan fingerprint density at radius 3 is 2.23 bits per heavy atom. The molecular formula is C36H49N7O4. The van der Waals surface area contributed by atoms with Crippen LogP contribution in [-0.4, -0.2) is 69.3 Å². The van der Waals surface area contributed by atoms with E-state index in [1.807, 2.05) is 76.5 Å². The molecule has 0 aliphatic carbocycles. The predicted molar refractivity (Wildman–Crippen MR) is 181 cm³/mol. The van der Waals surface area contributed by atoms with Crippen LogP contribution in [0.5, 0.6) is 0 Å². The molecule has 0 fully saturated rings. The van der Waals surface area contributed by atoms with Crippen molar-refractivity contribution >= 4 is 23.6 Å². The van der Waals surface area contributed by atoms with Crippen molar-refractivity contribution in [2.45, 2.75) is 84.6 Å². The van der Waals surface area contributed by atoms with Crippen LogP contribution >= 0.6 is 0 Å². The van der Waals surface area contributed by atoms with Gasteiger partial charge in [0.05, 0.1) is 5.69 Å². The lowest BCUT2D eigenvalue weighted by molar-refractivity contribution is -0.132. The fraction of sp³-hybridized carbons (Fsp3) is 0.472. The average molecular weight is 644 g/mol. The Morgan fingerprint density at radius 2 is 1.57 bits per heavy atom. The van der Waals surface area contributed by atoms with Gasteiger partial charge in [0.1, 0.15) is 23.9 Å². The molecule has 3 atom stereocenters. The Kier molecular flexibility index (Phi) is 12.7. The first kappa shape index (κ1) is 35.3. The molecule has 0 radical (unpaired) electrons.